The molecule has 3 aromatic rings. The summed E-state index contributed by atoms with van der Waals surface area (Å²) < 4.78 is 0. The van der Waals surface area contributed by atoms with Gasteiger partial charge in [0.05, 0.1) is 10.6 Å². The van der Waals surface area contributed by atoms with Crippen LogP contribution in [-0.2, 0) is 11.3 Å². The number of carbonyl (C=O) groups excluding carboxylic acids is 2. The van der Waals surface area contributed by atoms with Crippen molar-refractivity contribution in [2.45, 2.75) is 26.3 Å². The van der Waals surface area contributed by atoms with Crippen LogP contribution in [-0.4, -0.2) is 16.8 Å². The number of rotatable bonds is 6. The van der Waals surface area contributed by atoms with Crippen molar-refractivity contribution in [3.05, 3.63) is 57.9 Å². The number of thiophene rings is 1. The van der Waals surface area contributed by atoms with Crippen molar-refractivity contribution in [1.29, 1.82) is 0 Å². The fraction of sp³-hybridized carbons (Fsp3) is 0.250. The highest BCUT2D eigenvalue weighted by Crippen LogP contribution is 2.31. The van der Waals surface area contributed by atoms with Crippen LogP contribution in [0.3, 0.4) is 0 Å². The Morgan fingerprint density at radius 2 is 1.96 bits per heavy atom. The molecule has 138 valence electrons. The Labute approximate surface area is 165 Å². The second-order valence-electron chi connectivity index (χ2n) is 6.55. The molecule has 0 atom stereocenters. The number of anilines is 1. The smallest absolute Gasteiger partial charge is 0.263 e. The van der Waals surface area contributed by atoms with E-state index < -0.39 is 0 Å². The Bertz CT molecular complexity index is 958. The highest BCUT2D eigenvalue weighted by atomic mass is 32.1. The van der Waals surface area contributed by atoms with Crippen molar-refractivity contribution in [2.24, 2.45) is 5.92 Å². The van der Waals surface area contributed by atoms with Crippen LogP contribution in [0.15, 0.2) is 41.8 Å². The molecule has 1 saturated carbocycles. The first kappa shape index (κ1) is 17.9. The van der Waals surface area contributed by atoms with Gasteiger partial charge in [-0.05, 0) is 48.9 Å². The standard InChI is InChI=1S/C20H19N3O2S2/c1-12-17(27-20(22-12)16-3-2-10-26-16)19(25)21-11-13-4-8-15(9-5-13)23-18(24)14-6-7-14/h2-5,8-10,14H,6-7,11H2,1H3,(H,21,25)(H,23,24). The minimum absolute atomic E-state index is 0.0956. The zero-order valence-electron chi connectivity index (χ0n) is 14.8. The third kappa shape index (κ3) is 4.26. The van der Waals surface area contributed by atoms with Crippen molar-refractivity contribution in [1.82, 2.24) is 10.3 Å². The first-order valence-corrected chi connectivity index (χ1v) is 10.5. The maximum atomic E-state index is 12.5. The summed E-state index contributed by atoms with van der Waals surface area (Å²) in [6.07, 6.45) is 1.97. The maximum absolute atomic E-state index is 12.5. The number of hydrogen-bond acceptors (Lipinski definition) is 5. The van der Waals surface area contributed by atoms with Gasteiger partial charge in [0.2, 0.25) is 5.91 Å². The molecule has 0 radical (unpaired) electrons. The summed E-state index contributed by atoms with van der Waals surface area (Å²) in [6, 6.07) is 11.6. The Hall–Kier alpha value is -2.51. The molecular weight excluding hydrogens is 378 g/mol. The van der Waals surface area contributed by atoms with Crippen LogP contribution in [0.4, 0.5) is 5.69 Å². The Balaban J connectivity index is 1.35. The molecule has 0 bridgehead atoms. The third-order valence-electron chi connectivity index (χ3n) is 4.36. The summed E-state index contributed by atoms with van der Waals surface area (Å²) in [5.74, 6) is 0.169. The second kappa shape index (κ2) is 7.62. The molecule has 7 heteroatoms. The van der Waals surface area contributed by atoms with E-state index in [1.165, 1.54) is 11.3 Å². The third-order valence-corrected chi connectivity index (χ3v) is 6.55. The van der Waals surface area contributed by atoms with Crippen molar-refractivity contribution in [2.75, 3.05) is 5.32 Å². The van der Waals surface area contributed by atoms with E-state index in [1.54, 1.807) is 11.3 Å². The molecule has 27 heavy (non-hydrogen) atoms. The van der Waals surface area contributed by atoms with Crippen LogP contribution >= 0.6 is 22.7 Å². The van der Waals surface area contributed by atoms with Gasteiger partial charge in [0.1, 0.15) is 9.88 Å². The van der Waals surface area contributed by atoms with Crippen LogP contribution in [0.1, 0.15) is 33.8 Å². The molecular formula is C20H19N3O2S2. The molecule has 2 aromatic heterocycles. The fourth-order valence-electron chi connectivity index (χ4n) is 2.67. The maximum Gasteiger partial charge on any atom is 0.263 e. The number of carbonyl (C=O) groups is 2. The lowest BCUT2D eigenvalue weighted by molar-refractivity contribution is -0.117. The van der Waals surface area contributed by atoms with Gasteiger partial charge < -0.3 is 10.6 Å². The normalized spacial score (nSPS) is 13.4. The van der Waals surface area contributed by atoms with Crippen molar-refractivity contribution in [3.63, 3.8) is 0 Å². The molecule has 0 aliphatic heterocycles. The quantitative estimate of drug-likeness (QED) is 0.645. The fourth-order valence-corrected chi connectivity index (χ4v) is 4.45. The van der Waals surface area contributed by atoms with Crippen molar-refractivity contribution >= 4 is 40.2 Å². The van der Waals surface area contributed by atoms with Gasteiger partial charge >= 0.3 is 0 Å². The highest BCUT2D eigenvalue weighted by molar-refractivity contribution is 7.22. The largest absolute Gasteiger partial charge is 0.347 e. The van der Waals surface area contributed by atoms with Gasteiger partial charge in [-0.1, -0.05) is 18.2 Å². The number of aromatic nitrogens is 1. The van der Waals surface area contributed by atoms with E-state index in [-0.39, 0.29) is 17.7 Å². The van der Waals surface area contributed by atoms with E-state index in [0.29, 0.717) is 11.4 Å². The number of aryl methyl sites for hydroxylation is 1. The lowest BCUT2D eigenvalue weighted by Gasteiger charge is -2.07. The van der Waals surface area contributed by atoms with Gasteiger partial charge in [-0.25, -0.2) is 4.98 Å². The van der Waals surface area contributed by atoms with Gasteiger partial charge in [-0.15, -0.1) is 22.7 Å². The van der Waals surface area contributed by atoms with E-state index in [9.17, 15) is 9.59 Å². The highest BCUT2D eigenvalue weighted by Gasteiger charge is 2.29. The molecule has 2 N–H and O–H groups in total. The number of hydrogen-bond donors (Lipinski definition) is 2. The lowest BCUT2D eigenvalue weighted by Crippen LogP contribution is -2.22. The number of nitrogens with one attached hydrogen (secondary N) is 2. The average Bonchev–Trinajstić information content (AvgIpc) is 3.24. The zero-order chi connectivity index (χ0) is 18.8. The first-order valence-electron chi connectivity index (χ1n) is 8.79. The molecule has 1 fully saturated rings. The van der Waals surface area contributed by atoms with E-state index in [1.807, 2.05) is 48.7 Å². The molecule has 0 unspecified atom stereocenters. The van der Waals surface area contributed by atoms with Gasteiger partial charge in [-0.2, -0.15) is 0 Å². The number of thiazole rings is 1. The van der Waals surface area contributed by atoms with Crippen molar-refractivity contribution in [3.8, 4) is 9.88 Å². The predicted octanol–water partition coefficient (Wildman–Crippen LogP) is 4.46. The van der Waals surface area contributed by atoms with E-state index in [2.05, 4.69) is 15.6 Å². The molecule has 5 nitrogen and oxygen atoms in total. The number of nitrogens with zero attached hydrogens (tertiary/aromatic N) is 1. The molecule has 1 aliphatic rings. The summed E-state index contributed by atoms with van der Waals surface area (Å²) in [4.78, 5) is 30.5. The van der Waals surface area contributed by atoms with Gasteiger partial charge in [-0.3, -0.25) is 9.59 Å². The zero-order valence-corrected chi connectivity index (χ0v) is 16.5. The van der Waals surface area contributed by atoms with Gasteiger partial charge in [0, 0.05) is 18.2 Å². The summed E-state index contributed by atoms with van der Waals surface area (Å²) in [7, 11) is 0. The predicted molar refractivity (Wildman–Crippen MR) is 109 cm³/mol. The molecule has 1 aromatic carbocycles. The van der Waals surface area contributed by atoms with Crippen LogP contribution in [0.25, 0.3) is 9.88 Å². The van der Waals surface area contributed by atoms with E-state index in [4.69, 9.17) is 0 Å². The SMILES string of the molecule is Cc1nc(-c2cccs2)sc1C(=O)NCc1ccc(NC(=O)C2CC2)cc1. The minimum atomic E-state index is -0.112. The van der Waals surface area contributed by atoms with E-state index >= 15 is 0 Å². The second-order valence-corrected chi connectivity index (χ2v) is 8.50. The van der Waals surface area contributed by atoms with Crippen molar-refractivity contribution < 1.29 is 9.59 Å². The van der Waals surface area contributed by atoms with Gasteiger partial charge in [0.25, 0.3) is 5.91 Å². The summed E-state index contributed by atoms with van der Waals surface area (Å²) in [5, 5.41) is 8.74. The topological polar surface area (TPSA) is 71.1 Å². The molecule has 1 aliphatic carbocycles. The Morgan fingerprint density at radius 1 is 1.19 bits per heavy atom. The summed E-state index contributed by atoms with van der Waals surface area (Å²) in [5.41, 5.74) is 2.52. The van der Waals surface area contributed by atoms with Crippen LogP contribution < -0.4 is 10.6 Å². The molecule has 4 rings (SSSR count). The summed E-state index contributed by atoms with van der Waals surface area (Å²) in [6.45, 7) is 2.29. The van der Waals surface area contributed by atoms with Crippen LogP contribution in [0.5, 0.6) is 0 Å². The van der Waals surface area contributed by atoms with Crippen LogP contribution in [0.2, 0.25) is 0 Å². The number of amides is 2. The Kier molecular flexibility index (Phi) is 5.05. The monoisotopic (exact) mass is 397 g/mol. The Morgan fingerprint density at radius 3 is 2.63 bits per heavy atom. The molecule has 0 saturated heterocycles. The van der Waals surface area contributed by atoms with Crippen LogP contribution in [0, 0.1) is 12.8 Å². The summed E-state index contributed by atoms with van der Waals surface area (Å²) >= 11 is 3.04. The minimum Gasteiger partial charge on any atom is -0.347 e. The molecule has 2 heterocycles. The molecule has 2 amide bonds. The first-order chi connectivity index (χ1) is 13.1. The lowest BCUT2D eigenvalue weighted by atomic mass is 10.2. The van der Waals surface area contributed by atoms with Gasteiger partial charge in [0.15, 0.2) is 0 Å². The average molecular weight is 398 g/mol. The molecule has 0 spiro atoms. The van der Waals surface area contributed by atoms with E-state index in [0.717, 1.165) is 39.7 Å². The number of benzene rings is 1.